The molecule has 1 fully saturated rings. The number of hydrogen-bond donors (Lipinski definition) is 4. The van der Waals surface area contributed by atoms with Gasteiger partial charge < -0.3 is 35.0 Å². The van der Waals surface area contributed by atoms with Crippen molar-refractivity contribution in [1.82, 2.24) is 35.9 Å². The van der Waals surface area contributed by atoms with Gasteiger partial charge in [0.1, 0.15) is 17.8 Å². The topological polar surface area (TPSA) is 166 Å². The number of alkyl carbamates (subject to hydrolysis) is 1. The quantitative estimate of drug-likeness (QED) is 0.117. The minimum absolute atomic E-state index is 0.0962. The molecule has 2 heterocycles. The Morgan fingerprint density at radius 3 is 2.23 bits per heavy atom. The van der Waals surface area contributed by atoms with Crippen molar-refractivity contribution in [3.05, 3.63) is 81.8 Å². The number of aliphatic hydroxyl groups excluding tert-OH is 1. The summed E-state index contributed by atoms with van der Waals surface area (Å²) in [6.45, 7) is 14.9. The van der Waals surface area contributed by atoms with E-state index in [0.717, 1.165) is 21.8 Å². The molecule has 0 radical (unpaired) electrons. The van der Waals surface area contributed by atoms with Crippen molar-refractivity contribution >= 4 is 35.3 Å². The average molecular weight is 808 g/mol. The summed E-state index contributed by atoms with van der Waals surface area (Å²) in [7, 11) is 2.80. The van der Waals surface area contributed by atoms with Gasteiger partial charge in [-0.05, 0) is 41.0 Å². The van der Waals surface area contributed by atoms with Crippen molar-refractivity contribution in [2.24, 2.45) is 11.3 Å². The van der Waals surface area contributed by atoms with Gasteiger partial charge in [0.25, 0.3) is 5.91 Å². The highest BCUT2D eigenvalue weighted by atomic mass is 32.1. The fourth-order valence-electron chi connectivity index (χ4n) is 6.74. The van der Waals surface area contributed by atoms with Crippen molar-refractivity contribution in [1.29, 1.82) is 0 Å². The third kappa shape index (κ3) is 12.6. The van der Waals surface area contributed by atoms with Gasteiger partial charge in [0.05, 0.1) is 43.6 Å². The standard InChI is InChI=1S/C42H61N7O7S/c1-10-28(4)35(49-21-20-47(41(49)54)24-31-26-57-39(43-31)27(2)3)37(51)44-33(22-29-14-12-11-13-15-29)34(50)25-48(23-30-16-18-32(55-8)19-17-30)46-38(52)36(42(5,6)7)45-40(53)56-9/h11-19,26-28,33-36,50H,10,20-25H2,1-9H3,(H,44,51)(H,45,53)(H,46,52)/t28-,33-,34-,35-,36+/m0/s1. The van der Waals surface area contributed by atoms with Gasteiger partial charge in [0.15, 0.2) is 0 Å². The fourth-order valence-corrected chi connectivity index (χ4v) is 7.56. The molecular formula is C42H61N7O7S. The predicted molar refractivity (Wildman–Crippen MR) is 220 cm³/mol. The number of rotatable bonds is 19. The highest BCUT2D eigenvalue weighted by Crippen LogP contribution is 2.26. The molecule has 0 aliphatic carbocycles. The molecule has 312 valence electrons. The third-order valence-electron chi connectivity index (χ3n) is 10.2. The second-order valence-electron chi connectivity index (χ2n) is 16.1. The Morgan fingerprint density at radius 1 is 0.965 bits per heavy atom. The number of aromatic nitrogens is 1. The molecule has 5 atom stereocenters. The van der Waals surface area contributed by atoms with E-state index in [0.29, 0.717) is 37.7 Å². The maximum absolute atomic E-state index is 14.5. The number of aliphatic hydroxyl groups is 1. The van der Waals surface area contributed by atoms with Crippen LogP contribution in [0.1, 0.15) is 82.6 Å². The lowest BCUT2D eigenvalue weighted by atomic mass is 9.86. The highest BCUT2D eigenvalue weighted by Gasteiger charge is 2.41. The molecule has 1 aliphatic rings. The number of thiazole rings is 1. The summed E-state index contributed by atoms with van der Waals surface area (Å²) in [5.41, 5.74) is 4.75. The van der Waals surface area contributed by atoms with E-state index >= 15 is 0 Å². The van der Waals surface area contributed by atoms with Gasteiger partial charge in [-0.25, -0.2) is 19.6 Å². The minimum atomic E-state index is -1.20. The van der Waals surface area contributed by atoms with E-state index in [2.05, 4.69) is 29.9 Å². The molecule has 0 saturated carbocycles. The summed E-state index contributed by atoms with van der Waals surface area (Å²) in [5, 5.41) is 22.4. The number of carbonyl (C=O) groups excluding carboxylic acids is 4. The summed E-state index contributed by atoms with van der Waals surface area (Å²) in [5.74, 6) is -0.103. The summed E-state index contributed by atoms with van der Waals surface area (Å²) in [4.78, 5) is 62.6. The molecule has 3 aromatic rings. The summed E-state index contributed by atoms with van der Waals surface area (Å²) >= 11 is 1.58. The largest absolute Gasteiger partial charge is 0.497 e. The number of hydrogen-bond acceptors (Lipinski definition) is 10. The lowest BCUT2D eigenvalue weighted by Gasteiger charge is -2.36. The number of benzene rings is 2. The van der Waals surface area contributed by atoms with Crippen LogP contribution in [0, 0.1) is 11.3 Å². The molecule has 2 aromatic carbocycles. The Balaban J connectivity index is 1.60. The first-order valence-corrected chi connectivity index (χ1v) is 20.5. The van der Waals surface area contributed by atoms with E-state index < -0.39 is 41.6 Å². The Labute approximate surface area is 341 Å². The Morgan fingerprint density at radius 2 is 1.65 bits per heavy atom. The Bertz CT molecular complexity index is 1770. The van der Waals surface area contributed by atoms with Gasteiger partial charge in [0.2, 0.25) is 5.91 Å². The molecule has 14 nitrogen and oxygen atoms in total. The maximum atomic E-state index is 14.5. The van der Waals surface area contributed by atoms with Crippen LogP contribution >= 0.6 is 11.3 Å². The zero-order valence-corrected chi connectivity index (χ0v) is 35.6. The lowest BCUT2D eigenvalue weighted by Crippen LogP contribution is -2.60. The number of carbonyl (C=O) groups is 4. The Kier molecular flexibility index (Phi) is 16.3. The van der Waals surface area contributed by atoms with Crippen LogP contribution in [-0.4, -0.2) is 107 Å². The molecule has 57 heavy (non-hydrogen) atoms. The van der Waals surface area contributed by atoms with Crippen molar-refractivity contribution in [3.8, 4) is 5.75 Å². The number of urea groups is 1. The summed E-state index contributed by atoms with van der Waals surface area (Å²) in [6, 6.07) is 14.0. The molecule has 0 bridgehead atoms. The van der Waals surface area contributed by atoms with Crippen LogP contribution in [-0.2, 0) is 33.8 Å². The monoisotopic (exact) mass is 807 g/mol. The lowest BCUT2D eigenvalue weighted by molar-refractivity contribution is -0.132. The van der Waals surface area contributed by atoms with Crippen LogP contribution in [0.25, 0.3) is 0 Å². The predicted octanol–water partition coefficient (Wildman–Crippen LogP) is 5.32. The molecule has 5 amide bonds. The fraction of sp³-hybridized carbons (Fsp3) is 0.548. The number of amides is 5. The molecule has 1 saturated heterocycles. The maximum Gasteiger partial charge on any atom is 0.407 e. The molecule has 15 heteroatoms. The van der Waals surface area contributed by atoms with Crippen LogP contribution in [0.2, 0.25) is 0 Å². The van der Waals surface area contributed by atoms with Crippen LogP contribution in [0.5, 0.6) is 5.75 Å². The third-order valence-corrected chi connectivity index (χ3v) is 11.4. The minimum Gasteiger partial charge on any atom is -0.497 e. The van der Waals surface area contributed by atoms with Crippen LogP contribution < -0.4 is 20.8 Å². The second kappa shape index (κ2) is 20.6. The van der Waals surface area contributed by atoms with Gasteiger partial charge in [-0.3, -0.25) is 15.0 Å². The summed E-state index contributed by atoms with van der Waals surface area (Å²) in [6.07, 6.45) is -1.02. The SMILES string of the molecule is CC[C@H](C)[C@@H](C(=O)N[C@@H](Cc1ccccc1)[C@@H](O)CN(Cc1ccc(OC)cc1)NC(=O)[C@@H](NC(=O)OC)C(C)(C)C)N1CCN(Cc2csc(C(C)C)n2)C1=O. The van der Waals surface area contributed by atoms with E-state index in [9.17, 15) is 24.3 Å². The Hall–Kier alpha value is -4.73. The van der Waals surface area contributed by atoms with E-state index in [-0.39, 0.29) is 37.4 Å². The van der Waals surface area contributed by atoms with Crippen LogP contribution in [0.4, 0.5) is 9.59 Å². The van der Waals surface area contributed by atoms with Gasteiger partial charge >= 0.3 is 12.1 Å². The summed E-state index contributed by atoms with van der Waals surface area (Å²) < 4.78 is 10.1. The van der Waals surface area contributed by atoms with Crippen LogP contribution in [0.15, 0.2) is 60.0 Å². The number of nitrogens with one attached hydrogen (secondary N) is 3. The molecular weight excluding hydrogens is 747 g/mol. The molecule has 0 unspecified atom stereocenters. The highest BCUT2D eigenvalue weighted by molar-refractivity contribution is 7.09. The first-order chi connectivity index (χ1) is 27.0. The number of hydrazine groups is 1. The smallest absolute Gasteiger partial charge is 0.407 e. The molecule has 0 spiro atoms. The molecule has 1 aliphatic heterocycles. The first kappa shape index (κ1) is 45.0. The number of nitrogens with zero attached hydrogens (tertiary/aromatic N) is 4. The molecule has 1 aromatic heterocycles. The average Bonchev–Trinajstić information content (AvgIpc) is 3.80. The van der Waals surface area contributed by atoms with Gasteiger partial charge in [-0.2, -0.15) is 0 Å². The van der Waals surface area contributed by atoms with Crippen molar-refractivity contribution in [2.75, 3.05) is 33.9 Å². The van der Waals surface area contributed by atoms with E-state index in [1.807, 2.05) is 82.5 Å². The van der Waals surface area contributed by atoms with Crippen molar-refractivity contribution in [2.45, 2.75) is 105 Å². The molecule has 4 N–H and O–H groups in total. The van der Waals surface area contributed by atoms with Gasteiger partial charge in [-0.1, -0.05) is 97.4 Å². The van der Waals surface area contributed by atoms with Crippen LogP contribution in [0.3, 0.4) is 0 Å². The van der Waals surface area contributed by atoms with E-state index in [1.54, 1.807) is 45.4 Å². The van der Waals surface area contributed by atoms with E-state index in [4.69, 9.17) is 14.5 Å². The zero-order valence-electron chi connectivity index (χ0n) is 34.8. The normalized spacial score (nSPS) is 15.9. The first-order valence-electron chi connectivity index (χ1n) is 19.6. The van der Waals surface area contributed by atoms with E-state index in [1.165, 1.54) is 7.11 Å². The van der Waals surface area contributed by atoms with Crippen molar-refractivity contribution in [3.63, 3.8) is 0 Å². The number of methoxy groups -OCH3 is 2. The van der Waals surface area contributed by atoms with Gasteiger partial charge in [0, 0.05) is 37.5 Å². The zero-order chi connectivity index (χ0) is 41.9. The number of ether oxygens (including phenoxy) is 2. The van der Waals surface area contributed by atoms with Crippen molar-refractivity contribution < 1.29 is 33.8 Å². The van der Waals surface area contributed by atoms with Gasteiger partial charge in [-0.15, -0.1) is 11.3 Å². The molecule has 4 rings (SSSR count). The second-order valence-corrected chi connectivity index (χ2v) is 17.0.